The molecule has 0 saturated carbocycles. The standard InChI is InChI=1S/C13H17NO/c1-3-7-12-10(2)14-13(15-12)11-8-5-4-6-9-11/h4-6,8-10,12H,3,7H2,1-2H3. The lowest BCUT2D eigenvalue weighted by Gasteiger charge is -2.13. The fourth-order valence-corrected chi connectivity index (χ4v) is 1.85. The third-order valence-electron chi connectivity index (χ3n) is 2.72. The Balaban J connectivity index is 2.11. The quantitative estimate of drug-likeness (QED) is 0.740. The SMILES string of the molecule is CCCC1OC(c2ccccc2)=NC1C. The van der Waals surface area contributed by atoms with Crippen LogP contribution in [-0.2, 0) is 4.74 Å². The number of ether oxygens (including phenoxy) is 1. The first-order valence-electron chi connectivity index (χ1n) is 5.61. The smallest absolute Gasteiger partial charge is 0.216 e. The van der Waals surface area contributed by atoms with Gasteiger partial charge in [-0.05, 0) is 25.5 Å². The van der Waals surface area contributed by atoms with E-state index in [-0.39, 0.29) is 6.10 Å². The van der Waals surface area contributed by atoms with Crippen LogP contribution in [0.25, 0.3) is 0 Å². The van der Waals surface area contributed by atoms with Gasteiger partial charge in [0.25, 0.3) is 0 Å². The fourth-order valence-electron chi connectivity index (χ4n) is 1.85. The van der Waals surface area contributed by atoms with E-state index in [1.807, 2.05) is 30.3 Å². The Morgan fingerprint density at radius 2 is 2.00 bits per heavy atom. The van der Waals surface area contributed by atoms with Crippen LogP contribution in [0.5, 0.6) is 0 Å². The van der Waals surface area contributed by atoms with E-state index < -0.39 is 0 Å². The van der Waals surface area contributed by atoms with Crippen molar-refractivity contribution >= 4 is 5.90 Å². The maximum absolute atomic E-state index is 5.85. The summed E-state index contributed by atoms with van der Waals surface area (Å²) in [5, 5.41) is 0. The number of nitrogens with zero attached hydrogens (tertiary/aromatic N) is 1. The van der Waals surface area contributed by atoms with Gasteiger partial charge in [-0.3, -0.25) is 0 Å². The molecule has 2 unspecified atom stereocenters. The molecule has 0 aromatic heterocycles. The summed E-state index contributed by atoms with van der Waals surface area (Å²) in [6.45, 7) is 4.30. The van der Waals surface area contributed by atoms with E-state index in [9.17, 15) is 0 Å². The summed E-state index contributed by atoms with van der Waals surface area (Å²) in [6, 6.07) is 10.4. The summed E-state index contributed by atoms with van der Waals surface area (Å²) < 4.78 is 5.85. The first-order valence-corrected chi connectivity index (χ1v) is 5.61. The van der Waals surface area contributed by atoms with Gasteiger partial charge in [-0.15, -0.1) is 0 Å². The van der Waals surface area contributed by atoms with Crippen LogP contribution in [-0.4, -0.2) is 18.0 Å². The molecule has 1 heterocycles. The number of benzene rings is 1. The zero-order valence-corrected chi connectivity index (χ0v) is 9.31. The summed E-state index contributed by atoms with van der Waals surface area (Å²) in [5.41, 5.74) is 1.09. The maximum Gasteiger partial charge on any atom is 0.216 e. The van der Waals surface area contributed by atoms with Crippen LogP contribution in [0, 0.1) is 0 Å². The lowest BCUT2D eigenvalue weighted by atomic mass is 10.1. The molecule has 1 aliphatic rings. The molecule has 1 aromatic rings. The molecule has 0 radical (unpaired) electrons. The Hall–Kier alpha value is -1.31. The molecular formula is C13H17NO. The van der Waals surface area contributed by atoms with Crippen molar-refractivity contribution in [3.8, 4) is 0 Å². The molecule has 1 aromatic carbocycles. The fraction of sp³-hybridized carbons (Fsp3) is 0.462. The van der Waals surface area contributed by atoms with Gasteiger partial charge in [0.1, 0.15) is 6.10 Å². The molecule has 0 aliphatic carbocycles. The van der Waals surface area contributed by atoms with Crippen molar-refractivity contribution in [2.45, 2.75) is 38.8 Å². The summed E-state index contributed by atoms with van der Waals surface area (Å²) in [7, 11) is 0. The molecule has 1 aliphatic heterocycles. The Labute approximate surface area is 91.0 Å². The molecule has 2 atom stereocenters. The third kappa shape index (κ3) is 2.20. The normalized spacial score (nSPS) is 24.8. The van der Waals surface area contributed by atoms with E-state index in [0.29, 0.717) is 6.04 Å². The molecule has 0 N–H and O–H groups in total. The lowest BCUT2D eigenvalue weighted by Crippen LogP contribution is -2.19. The Kier molecular flexibility index (Phi) is 3.05. The highest BCUT2D eigenvalue weighted by molar-refractivity contribution is 5.95. The molecule has 2 nitrogen and oxygen atoms in total. The second kappa shape index (κ2) is 4.47. The molecule has 0 bridgehead atoms. The van der Waals surface area contributed by atoms with Crippen LogP contribution in [0.1, 0.15) is 32.3 Å². The lowest BCUT2D eigenvalue weighted by molar-refractivity contribution is 0.186. The first kappa shape index (κ1) is 10.2. The van der Waals surface area contributed by atoms with Crippen molar-refractivity contribution < 1.29 is 4.74 Å². The van der Waals surface area contributed by atoms with Gasteiger partial charge in [0.2, 0.25) is 5.90 Å². The Bertz CT molecular complexity index is 345. The zero-order valence-electron chi connectivity index (χ0n) is 9.31. The summed E-state index contributed by atoms with van der Waals surface area (Å²) in [5.74, 6) is 0.807. The predicted octanol–water partition coefficient (Wildman–Crippen LogP) is 3.02. The molecule has 0 fully saturated rings. The van der Waals surface area contributed by atoms with E-state index in [2.05, 4.69) is 18.8 Å². The number of aliphatic imine (C=N–C) groups is 1. The maximum atomic E-state index is 5.85. The molecule has 0 amide bonds. The largest absolute Gasteiger partial charge is 0.472 e. The van der Waals surface area contributed by atoms with Gasteiger partial charge in [-0.2, -0.15) is 0 Å². The third-order valence-corrected chi connectivity index (χ3v) is 2.72. The Morgan fingerprint density at radius 1 is 1.27 bits per heavy atom. The molecule has 2 rings (SSSR count). The van der Waals surface area contributed by atoms with Gasteiger partial charge in [0.05, 0.1) is 6.04 Å². The minimum Gasteiger partial charge on any atom is -0.472 e. The van der Waals surface area contributed by atoms with Crippen molar-refractivity contribution in [1.82, 2.24) is 0 Å². The van der Waals surface area contributed by atoms with Crippen molar-refractivity contribution in [3.05, 3.63) is 35.9 Å². The van der Waals surface area contributed by atoms with Crippen LogP contribution in [0.3, 0.4) is 0 Å². The van der Waals surface area contributed by atoms with Crippen LogP contribution < -0.4 is 0 Å². The Morgan fingerprint density at radius 3 is 2.67 bits per heavy atom. The van der Waals surface area contributed by atoms with Gasteiger partial charge in [0, 0.05) is 5.56 Å². The highest BCUT2D eigenvalue weighted by Gasteiger charge is 2.26. The van der Waals surface area contributed by atoms with E-state index in [1.165, 1.54) is 0 Å². The molecule has 0 saturated heterocycles. The first-order chi connectivity index (χ1) is 7.31. The van der Waals surface area contributed by atoms with Crippen LogP contribution in [0.2, 0.25) is 0 Å². The topological polar surface area (TPSA) is 21.6 Å². The second-order valence-electron chi connectivity index (χ2n) is 3.99. The van der Waals surface area contributed by atoms with Gasteiger partial charge in [0.15, 0.2) is 0 Å². The number of hydrogen-bond donors (Lipinski definition) is 0. The summed E-state index contributed by atoms with van der Waals surface area (Å²) in [4.78, 5) is 4.55. The van der Waals surface area contributed by atoms with Crippen LogP contribution >= 0.6 is 0 Å². The highest BCUT2D eigenvalue weighted by Crippen LogP contribution is 2.21. The van der Waals surface area contributed by atoms with Gasteiger partial charge in [-0.25, -0.2) is 4.99 Å². The van der Waals surface area contributed by atoms with Crippen molar-refractivity contribution in [2.75, 3.05) is 0 Å². The van der Waals surface area contributed by atoms with Crippen LogP contribution in [0.15, 0.2) is 35.3 Å². The number of hydrogen-bond acceptors (Lipinski definition) is 2. The minimum absolute atomic E-state index is 0.269. The van der Waals surface area contributed by atoms with Gasteiger partial charge < -0.3 is 4.74 Å². The van der Waals surface area contributed by atoms with Crippen molar-refractivity contribution in [2.24, 2.45) is 4.99 Å². The van der Waals surface area contributed by atoms with Crippen LogP contribution in [0.4, 0.5) is 0 Å². The summed E-state index contributed by atoms with van der Waals surface area (Å²) >= 11 is 0. The molecule has 0 spiro atoms. The second-order valence-corrected chi connectivity index (χ2v) is 3.99. The molecule has 15 heavy (non-hydrogen) atoms. The van der Waals surface area contributed by atoms with Crippen molar-refractivity contribution in [3.63, 3.8) is 0 Å². The van der Waals surface area contributed by atoms with Crippen molar-refractivity contribution in [1.29, 1.82) is 0 Å². The summed E-state index contributed by atoms with van der Waals surface area (Å²) in [6.07, 6.45) is 2.50. The van der Waals surface area contributed by atoms with E-state index in [0.717, 1.165) is 24.3 Å². The molecule has 80 valence electrons. The van der Waals surface area contributed by atoms with Gasteiger partial charge in [-0.1, -0.05) is 31.5 Å². The predicted molar refractivity (Wildman–Crippen MR) is 62.2 cm³/mol. The van der Waals surface area contributed by atoms with E-state index >= 15 is 0 Å². The van der Waals surface area contributed by atoms with Gasteiger partial charge >= 0.3 is 0 Å². The molecular weight excluding hydrogens is 186 g/mol. The minimum atomic E-state index is 0.269. The number of rotatable bonds is 3. The van der Waals surface area contributed by atoms with E-state index in [1.54, 1.807) is 0 Å². The molecule has 2 heteroatoms. The average molecular weight is 203 g/mol. The zero-order chi connectivity index (χ0) is 10.7. The monoisotopic (exact) mass is 203 g/mol. The van der Waals surface area contributed by atoms with E-state index in [4.69, 9.17) is 4.74 Å². The highest BCUT2D eigenvalue weighted by atomic mass is 16.5. The average Bonchev–Trinajstić information content (AvgIpc) is 2.63.